The van der Waals surface area contributed by atoms with Crippen molar-refractivity contribution in [1.82, 2.24) is 14.9 Å². The largest absolute Gasteiger partial charge is 0.369 e. The summed E-state index contributed by atoms with van der Waals surface area (Å²) < 4.78 is 1.62. The first-order chi connectivity index (χ1) is 7.09. The smallest absolute Gasteiger partial charge is 0.240 e. The van der Waals surface area contributed by atoms with Crippen molar-refractivity contribution in [2.24, 2.45) is 5.92 Å². The number of carbonyl (C=O) groups is 1. The first-order valence-corrected chi connectivity index (χ1v) is 5.13. The van der Waals surface area contributed by atoms with Crippen LogP contribution in [0, 0.1) is 5.92 Å². The molecule has 0 atom stereocenters. The van der Waals surface area contributed by atoms with Crippen molar-refractivity contribution < 1.29 is 4.79 Å². The lowest BCUT2D eigenvalue weighted by Crippen LogP contribution is -2.29. The Labute approximate surface area is 89.7 Å². The summed E-state index contributed by atoms with van der Waals surface area (Å²) in [5.74, 6) is 0.943. The Morgan fingerprint density at radius 1 is 1.67 bits per heavy atom. The number of amides is 1. The predicted molar refractivity (Wildman–Crippen MR) is 59.1 cm³/mol. The summed E-state index contributed by atoms with van der Waals surface area (Å²) in [6.07, 6.45) is 4.26. The maximum absolute atomic E-state index is 11.4. The van der Waals surface area contributed by atoms with E-state index in [0.717, 1.165) is 6.42 Å². The van der Waals surface area contributed by atoms with Gasteiger partial charge in [-0.15, -0.1) is 0 Å². The van der Waals surface area contributed by atoms with Crippen LogP contribution in [0.4, 0.5) is 5.95 Å². The molecule has 0 spiro atoms. The molecule has 1 aromatic rings. The SMILES string of the molecule is CC(C)CCNC(=O)Cn1ccnc1N. The lowest BCUT2D eigenvalue weighted by atomic mass is 10.1. The second kappa shape index (κ2) is 5.38. The molecular formula is C10H18N4O. The van der Waals surface area contributed by atoms with Gasteiger partial charge in [-0.2, -0.15) is 0 Å². The van der Waals surface area contributed by atoms with Crippen molar-refractivity contribution in [3.05, 3.63) is 12.4 Å². The Morgan fingerprint density at radius 3 is 2.93 bits per heavy atom. The number of hydrogen-bond acceptors (Lipinski definition) is 3. The van der Waals surface area contributed by atoms with Crippen LogP contribution in [-0.2, 0) is 11.3 Å². The van der Waals surface area contributed by atoms with E-state index in [1.165, 1.54) is 0 Å². The number of nitrogen functional groups attached to an aromatic ring is 1. The highest BCUT2D eigenvalue weighted by Crippen LogP contribution is 1.98. The van der Waals surface area contributed by atoms with Gasteiger partial charge in [-0.3, -0.25) is 4.79 Å². The molecule has 0 unspecified atom stereocenters. The van der Waals surface area contributed by atoms with Crippen LogP contribution in [0.5, 0.6) is 0 Å². The summed E-state index contributed by atoms with van der Waals surface area (Å²) >= 11 is 0. The van der Waals surface area contributed by atoms with Gasteiger partial charge < -0.3 is 15.6 Å². The molecule has 0 aliphatic rings. The highest BCUT2D eigenvalue weighted by atomic mass is 16.1. The van der Waals surface area contributed by atoms with Crippen LogP contribution >= 0.6 is 0 Å². The van der Waals surface area contributed by atoms with Gasteiger partial charge in [0.2, 0.25) is 11.9 Å². The first-order valence-electron chi connectivity index (χ1n) is 5.13. The van der Waals surface area contributed by atoms with E-state index in [1.807, 2.05) is 0 Å². The van der Waals surface area contributed by atoms with E-state index in [4.69, 9.17) is 5.73 Å². The van der Waals surface area contributed by atoms with E-state index in [9.17, 15) is 4.79 Å². The van der Waals surface area contributed by atoms with Gasteiger partial charge in [0.05, 0.1) is 0 Å². The van der Waals surface area contributed by atoms with Gasteiger partial charge in [0, 0.05) is 18.9 Å². The van der Waals surface area contributed by atoms with Crippen LogP contribution in [0.15, 0.2) is 12.4 Å². The molecule has 5 nitrogen and oxygen atoms in total. The van der Waals surface area contributed by atoms with E-state index in [2.05, 4.69) is 24.1 Å². The van der Waals surface area contributed by atoms with Gasteiger partial charge in [0.25, 0.3) is 0 Å². The van der Waals surface area contributed by atoms with Gasteiger partial charge in [0.15, 0.2) is 0 Å². The number of anilines is 1. The summed E-state index contributed by atoms with van der Waals surface area (Å²) in [6, 6.07) is 0. The van der Waals surface area contributed by atoms with Crippen molar-refractivity contribution in [3.63, 3.8) is 0 Å². The fraction of sp³-hybridized carbons (Fsp3) is 0.600. The number of nitrogens with two attached hydrogens (primary N) is 1. The average molecular weight is 210 g/mol. The zero-order chi connectivity index (χ0) is 11.3. The van der Waals surface area contributed by atoms with E-state index in [1.54, 1.807) is 17.0 Å². The maximum atomic E-state index is 11.4. The first kappa shape index (κ1) is 11.6. The second-order valence-electron chi connectivity index (χ2n) is 3.95. The molecule has 0 saturated carbocycles. The maximum Gasteiger partial charge on any atom is 0.240 e. The predicted octanol–water partition coefficient (Wildman–Crippen LogP) is 0.628. The minimum atomic E-state index is -0.0275. The van der Waals surface area contributed by atoms with E-state index < -0.39 is 0 Å². The number of nitrogens with one attached hydrogen (secondary N) is 1. The Balaban J connectivity index is 2.28. The number of nitrogens with zero attached hydrogens (tertiary/aromatic N) is 2. The van der Waals surface area contributed by atoms with Gasteiger partial charge in [0.1, 0.15) is 6.54 Å². The minimum Gasteiger partial charge on any atom is -0.369 e. The Hall–Kier alpha value is -1.52. The van der Waals surface area contributed by atoms with E-state index >= 15 is 0 Å². The van der Waals surface area contributed by atoms with Gasteiger partial charge in [-0.1, -0.05) is 13.8 Å². The fourth-order valence-electron chi connectivity index (χ4n) is 1.19. The molecular weight excluding hydrogens is 192 g/mol. The molecule has 0 fully saturated rings. The number of rotatable bonds is 5. The highest BCUT2D eigenvalue weighted by Gasteiger charge is 2.04. The van der Waals surface area contributed by atoms with Crippen molar-refractivity contribution in [2.45, 2.75) is 26.8 Å². The molecule has 1 amide bonds. The molecule has 5 heteroatoms. The summed E-state index contributed by atoms with van der Waals surface area (Å²) in [7, 11) is 0. The molecule has 3 N–H and O–H groups in total. The molecule has 1 aromatic heterocycles. The fourth-order valence-corrected chi connectivity index (χ4v) is 1.19. The summed E-state index contributed by atoms with van der Waals surface area (Å²) in [6.45, 7) is 5.20. The van der Waals surface area contributed by atoms with Crippen LogP contribution in [0.3, 0.4) is 0 Å². The third kappa shape index (κ3) is 4.01. The average Bonchev–Trinajstić information content (AvgIpc) is 2.51. The van der Waals surface area contributed by atoms with Crippen LogP contribution < -0.4 is 11.1 Å². The van der Waals surface area contributed by atoms with Gasteiger partial charge in [-0.25, -0.2) is 4.98 Å². The lowest BCUT2D eigenvalue weighted by Gasteiger charge is -2.08. The monoisotopic (exact) mass is 210 g/mol. The Kier molecular flexibility index (Phi) is 4.15. The van der Waals surface area contributed by atoms with Crippen molar-refractivity contribution in [2.75, 3.05) is 12.3 Å². The third-order valence-corrected chi connectivity index (χ3v) is 2.11. The molecule has 0 aliphatic heterocycles. The number of aromatic nitrogens is 2. The lowest BCUT2D eigenvalue weighted by molar-refractivity contribution is -0.121. The number of carbonyl (C=O) groups excluding carboxylic acids is 1. The van der Waals surface area contributed by atoms with Crippen LogP contribution in [-0.4, -0.2) is 22.0 Å². The Morgan fingerprint density at radius 2 is 2.40 bits per heavy atom. The number of imidazole rings is 1. The third-order valence-electron chi connectivity index (χ3n) is 2.11. The summed E-state index contributed by atoms with van der Waals surface area (Å²) in [4.78, 5) is 15.3. The molecule has 0 aliphatic carbocycles. The van der Waals surface area contributed by atoms with Gasteiger partial charge in [-0.05, 0) is 12.3 Å². The Bertz CT molecular complexity index is 319. The summed E-state index contributed by atoms with van der Waals surface area (Å²) in [5.41, 5.74) is 5.54. The molecule has 0 saturated heterocycles. The zero-order valence-corrected chi connectivity index (χ0v) is 9.23. The molecule has 0 radical (unpaired) electrons. The molecule has 1 heterocycles. The molecule has 15 heavy (non-hydrogen) atoms. The molecule has 0 aromatic carbocycles. The van der Waals surface area contributed by atoms with Crippen LogP contribution in [0.25, 0.3) is 0 Å². The quantitative estimate of drug-likeness (QED) is 0.748. The molecule has 84 valence electrons. The van der Waals surface area contributed by atoms with Crippen molar-refractivity contribution >= 4 is 11.9 Å². The van der Waals surface area contributed by atoms with Crippen molar-refractivity contribution in [3.8, 4) is 0 Å². The van der Waals surface area contributed by atoms with E-state index in [0.29, 0.717) is 18.4 Å². The topological polar surface area (TPSA) is 72.9 Å². The zero-order valence-electron chi connectivity index (χ0n) is 9.23. The second-order valence-corrected chi connectivity index (χ2v) is 3.95. The summed E-state index contributed by atoms with van der Waals surface area (Å²) in [5, 5.41) is 2.84. The normalized spacial score (nSPS) is 10.6. The van der Waals surface area contributed by atoms with Gasteiger partial charge >= 0.3 is 0 Å². The highest BCUT2D eigenvalue weighted by molar-refractivity contribution is 5.76. The molecule has 1 rings (SSSR count). The number of hydrogen-bond donors (Lipinski definition) is 2. The molecule has 0 bridgehead atoms. The minimum absolute atomic E-state index is 0.0275. The van der Waals surface area contributed by atoms with Crippen LogP contribution in [0.2, 0.25) is 0 Å². The van der Waals surface area contributed by atoms with Crippen molar-refractivity contribution in [1.29, 1.82) is 0 Å². The van der Waals surface area contributed by atoms with Crippen LogP contribution in [0.1, 0.15) is 20.3 Å². The standard InChI is InChI=1S/C10H18N4O/c1-8(2)3-4-12-9(15)7-14-6-5-13-10(14)11/h5-6,8H,3-4,7H2,1-2H3,(H2,11,13)(H,12,15). The van der Waals surface area contributed by atoms with E-state index in [-0.39, 0.29) is 12.5 Å².